The van der Waals surface area contributed by atoms with Gasteiger partial charge in [0.1, 0.15) is 0 Å². The Labute approximate surface area is 210 Å². The maximum absolute atomic E-state index is 12.2. The van der Waals surface area contributed by atoms with Crippen molar-refractivity contribution in [2.45, 2.75) is 45.8 Å². The molecule has 0 atom stereocenters. The minimum atomic E-state index is -1.06. The number of anilines is 1. The standard InChI is InChI=1S/C28H32N4O4/c1-3-20-16-32(28(33)34)27(30-20)24-22-14-18(17-35-4-2)15-23(29-21-10-12-36-13-11-21)26(22)31-25(24)19-8-6-5-7-9-19/h5-9,14-16,21,29,31H,3-4,10-13,17H2,1-2H3,(H,33,34). The predicted octanol–water partition coefficient (Wildman–Crippen LogP) is 5.91. The highest BCUT2D eigenvalue weighted by Gasteiger charge is 2.25. The summed E-state index contributed by atoms with van der Waals surface area (Å²) in [5.41, 5.74) is 6.21. The lowest BCUT2D eigenvalue weighted by molar-refractivity contribution is 0.0904. The van der Waals surface area contributed by atoms with Crippen LogP contribution in [0.4, 0.5) is 10.5 Å². The number of fused-ring (bicyclic) bond motifs is 1. The van der Waals surface area contributed by atoms with Gasteiger partial charge in [-0.15, -0.1) is 0 Å². The topological polar surface area (TPSA) is 101 Å². The summed E-state index contributed by atoms with van der Waals surface area (Å²) in [7, 11) is 0. The van der Waals surface area contributed by atoms with E-state index in [2.05, 4.69) is 22.4 Å². The molecule has 3 heterocycles. The molecule has 3 N–H and O–H groups in total. The summed E-state index contributed by atoms with van der Waals surface area (Å²) in [4.78, 5) is 20.6. The van der Waals surface area contributed by atoms with E-state index >= 15 is 0 Å². The van der Waals surface area contributed by atoms with Crippen molar-refractivity contribution in [3.8, 4) is 22.6 Å². The summed E-state index contributed by atoms with van der Waals surface area (Å²) >= 11 is 0. The van der Waals surface area contributed by atoms with Crippen LogP contribution in [0.2, 0.25) is 0 Å². The van der Waals surface area contributed by atoms with E-state index in [4.69, 9.17) is 14.5 Å². The van der Waals surface area contributed by atoms with E-state index < -0.39 is 6.09 Å². The first-order valence-electron chi connectivity index (χ1n) is 12.6. The van der Waals surface area contributed by atoms with Crippen LogP contribution in [0.15, 0.2) is 48.7 Å². The Balaban J connectivity index is 1.77. The number of hydrogen-bond donors (Lipinski definition) is 3. The van der Waals surface area contributed by atoms with Crippen LogP contribution in [0, 0.1) is 0 Å². The zero-order chi connectivity index (χ0) is 25.1. The molecule has 8 heteroatoms. The average molecular weight is 489 g/mol. The van der Waals surface area contributed by atoms with Gasteiger partial charge in [0, 0.05) is 37.4 Å². The molecular weight excluding hydrogens is 456 g/mol. The van der Waals surface area contributed by atoms with Crippen LogP contribution in [0.1, 0.15) is 37.9 Å². The molecule has 188 valence electrons. The Morgan fingerprint density at radius 1 is 1.22 bits per heavy atom. The number of imidazole rings is 1. The van der Waals surface area contributed by atoms with Crippen molar-refractivity contribution in [2.24, 2.45) is 0 Å². The Bertz CT molecular complexity index is 1350. The number of hydrogen-bond acceptors (Lipinski definition) is 5. The molecule has 1 aliphatic heterocycles. The number of aromatic amines is 1. The number of carboxylic acid groups (broad SMARTS) is 1. The smallest absolute Gasteiger partial charge is 0.417 e. The van der Waals surface area contributed by atoms with Gasteiger partial charge in [-0.1, -0.05) is 37.3 Å². The van der Waals surface area contributed by atoms with Crippen molar-refractivity contribution < 1.29 is 19.4 Å². The highest BCUT2D eigenvalue weighted by atomic mass is 16.5. The Morgan fingerprint density at radius 3 is 2.69 bits per heavy atom. The normalized spacial score (nSPS) is 14.4. The van der Waals surface area contributed by atoms with Crippen LogP contribution >= 0.6 is 0 Å². The molecular formula is C28H32N4O4. The lowest BCUT2D eigenvalue weighted by atomic mass is 10.0. The van der Waals surface area contributed by atoms with Gasteiger partial charge in [-0.2, -0.15) is 0 Å². The van der Waals surface area contributed by atoms with Crippen LogP contribution < -0.4 is 5.32 Å². The van der Waals surface area contributed by atoms with Gasteiger partial charge in [0.05, 0.1) is 34.8 Å². The van der Waals surface area contributed by atoms with Crippen LogP contribution in [0.3, 0.4) is 0 Å². The molecule has 0 amide bonds. The third-order valence-corrected chi connectivity index (χ3v) is 6.63. The van der Waals surface area contributed by atoms with E-state index in [9.17, 15) is 9.90 Å². The van der Waals surface area contributed by atoms with E-state index in [0.717, 1.165) is 70.7 Å². The number of nitrogens with one attached hydrogen (secondary N) is 2. The fourth-order valence-electron chi connectivity index (χ4n) is 4.81. The summed E-state index contributed by atoms with van der Waals surface area (Å²) in [5, 5.41) is 14.7. The summed E-state index contributed by atoms with van der Waals surface area (Å²) in [6.45, 7) is 6.50. The molecule has 1 aliphatic rings. The van der Waals surface area contributed by atoms with Crippen molar-refractivity contribution >= 4 is 22.7 Å². The number of nitrogens with zero attached hydrogens (tertiary/aromatic N) is 2. The van der Waals surface area contributed by atoms with Crippen LogP contribution in [-0.2, 0) is 22.5 Å². The van der Waals surface area contributed by atoms with E-state index in [1.165, 1.54) is 4.57 Å². The van der Waals surface area contributed by atoms with Gasteiger partial charge in [-0.25, -0.2) is 14.3 Å². The number of H-pyrrole nitrogens is 1. The lowest BCUT2D eigenvalue weighted by Crippen LogP contribution is -2.28. The predicted molar refractivity (Wildman–Crippen MR) is 141 cm³/mol. The van der Waals surface area contributed by atoms with Crippen molar-refractivity contribution in [1.29, 1.82) is 0 Å². The van der Waals surface area contributed by atoms with Crippen molar-refractivity contribution in [3.63, 3.8) is 0 Å². The van der Waals surface area contributed by atoms with Gasteiger partial charge < -0.3 is 24.9 Å². The SMILES string of the molecule is CCOCc1cc(NC2CCOCC2)c2[nH]c(-c3ccccc3)c(-c3nc(CC)cn3C(=O)O)c2c1. The third-order valence-electron chi connectivity index (χ3n) is 6.63. The monoisotopic (exact) mass is 488 g/mol. The summed E-state index contributed by atoms with van der Waals surface area (Å²) < 4.78 is 12.5. The number of aryl methyl sites for hydroxylation is 1. The molecule has 2 aromatic carbocycles. The maximum atomic E-state index is 12.2. The molecule has 2 aromatic heterocycles. The summed E-state index contributed by atoms with van der Waals surface area (Å²) in [5.74, 6) is 0.412. The highest BCUT2D eigenvalue weighted by molar-refractivity contribution is 6.08. The molecule has 0 bridgehead atoms. The molecule has 36 heavy (non-hydrogen) atoms. The Kier molecular flexibility index (Phi) is 7.06. The number of ether oxygens (including phenoxy) is 2. The zero-order valence-electron chi connectivity index (χ0n) is 20.7. The first-order chi connectivity index (χ1) is 17.6. The molecule has 0 radical (unpaired) electrons. The quantitative estimate of drug-likeness (QED) is 0.285. The van der Waals surface area contributed by atoms with E-state index in [-0.39, 0.29) is 0 Å². The van der Waals surface area contributed by atoms with Gasteiger partial charge in [0.15, 0.2) is 5.82 Å². The molecule has 1 fully saturated rings. The molecule has 0 unspecified atom stereocenters. The van der Waals surface area contributed by atoms with E-state index in [1.54, 1.807) is 6.20 Å². The van der Waals surface area contributed by atoms with Gasteiger partial charge >= 0.3 is 6.09 Å². The largest absolute Gasteiger partial charge is 0.464 e. The van der Waals surface area contributed by atoms with Crippen LogP contribution in [0.25, 0.3) is 33.5 Å². The van der Waals surface area contributed by atoms with E-state index in [1.807, 2.05) is 44.2 Å². The second kappa shape index (κ2) is 10.6. The summed E-state index contributed by atoms with van der Waals surface area (Å²) in [6, 6.07) is 14.5. The number of rotatable bonds is 8. The van der Waals surface area contributed by atoms with Crippen molar-refractivity contribution in [1.82, 2.24) is 14.5 Å². The molecule has 0 aliphatic carbocycles. The minimum absolute atomic E-state index is 0.295. The number of carbonyl (C=O) groups is 1. The maximum Gasteiger partial charge on any atom is 0.417 e. The van der Waals surface area contributed by atoms with Crippen molar-refractivity contribution in [2.75, 3.05) is 25.1 Å². The fourth-order valence-corrected chi connectivity index (χ4v) is 4.81. The average Bonchev–Trinajstić information content (AvgIpc) is 3.50. The molecule has 5 rings (SSSR count). The number of benzene rings is 2. The van der Waals surface area contributed by atoms with E-state index in [0.29, 0.717) is 31.5 Å². The molecule has 4 aromatic rings. The zero-order valence-corrected chi connectivity index (χ0v) is 20.7. The van der Waals surface area contributed by atoms with Gasteiger partial charge in [-0.05, 0) is 49.4 Å². The second-order valence-corrected chi connectivity index (χ2v) is 9.04. The number of aromatic nitrogens is 3. The second-order valence-electron chi connectivity index (χ2n) is 9.04. The highest BCUT2D eigenvalue weighted by Crippen LogP contribution is 2.41. The van der Waals surface area contributed by atoms with Crippen LogP contribution in [-0.4, -0.2) is 51.6 Å². The fraction of sp³-hybridized carbons (Fsp3) is 0.357. The molecule has 0 spiro atoms. The van der Waals surface area contributed by atoms with Crippen molar-refractivity contribution in [3.05, 3.63) is 59.9 Å². The van der Waals surface area contributed by atoms with Crippen LogP contribution in [0.5, 0.6) is 0 Å². The Hall–Kier alpha value is -3.62. The molecule has 8 nitrogen and oxygen atoms in total. The lowest BCUT2D eigenvalue weighted by Gasteiger charge is -2.24. The summed E-state index contributed by atoms with van der Waals surface area (Å²) in [6.07, 6.45) is 3.05. The van der Waals surface area contributed by atoms with Gasteiger partial charge in [0.25, 0.3) is 0 Å². The molecule has 0 saturated carbocycles. The van der Waals surface area contributed by atoms with Gasteiger partial charge in [-0.3, -0.25) is 0 Å². The molecule has 1 saturated heterocycles. The Morgan fingerprint density at radius 2 is 2.00 bits per heavy atom. The van der Waals surface area contributed by atoms with Gasteiger partial charge in [0.2, 0.25) is 0 Å². The third kappa shape index (κ3) is 4.74. The first-order valence-corrected chi connectivity index (χ1v) is 12.6. The minimum Gasteiger partial charge on any atom is -0.464 e. The first kappa shape index (κ1) is 24.1.